The topological polar surface area (TPSA) is 97.4 Å². The lowest BCUT2D eigenvalue weighted by Crippen LogP contribution is -2.45. The third-order valence-corrected chi connectivity index (χ3v) is 5.63. The van der Waals surface area contributed by atoms with Crippen LogP contribution in [0.5, 0.6) is 0 Å². The lowest BCUT2D eigenvalue weighted by atomic mass is 9.95. The van der Waals surface area contributed by atoms with E-state index in [1.807, 2.05) is 12.1 Å². The maximum atomic E-state index is 13.0. The number of likely N-dealkylation sites (tertiary alicyclic amines) is 1. The van der Waals surface area contributed by atoms with Crippen molar-refractivity contribution in [3.8, 4) is 0 Å². The molecule has 2 aromatic heterocycles. The number of hydrogen-bond acceptors (Lipinski definition) is 5. The number of hydrogen-bond donors (Lipinski definition) is 1. The summed E-state index contributed by atoms with van der Waals surface area (Å²) >= 11 is 0. The molecule has 0 saturated carbocycles. The molecule has 1 aliphatic rings. The molecule has 0 spiro atoms. The number of carbonyl (C=O) groups is 2. The van der Waals surface area contributed by atoms with Gasteiger partial charge < -0.3 is 14.6 Å². The number of amides is 2. The fourth-order valence-corrected chi connectivity index (χ4v) is 3.92. The number of fused-ring (bicyclic) bond motifs is 1. The smallest absolute Gasteiger partial charge is 0.408 e. The molecule has 1 atom stereocenters. The maximum absolute atomic E-state index is 13.0. The summed E-state index contributed by atoms with van der Waals surface area (Å²) in [6.07, 6.45) is 4.61. The summed E-state index contributed by atoms with van der Waals surface area (Å²) in [5.74, 6) is -0.811. The van der Waals surface area contributed by atoms with E-state index in [4.69, 9.17) is 4.42 Å². The largest absolute Gasteiger partial charge is 0.420 e. The average molecular weight is 408 g/mol. The van der Waals surface area contributed by atoms with Crippen LogP contribution < -0.4 is 11.1 Å². The zero-order chi connectivity index (χ0) is 21.1. The van der Waals surface area contributed by atoms with E-state index in [2.05, 4.69) is 10.3 Å². The van der Waals surface area contributed by atoms with Gasteiger partial charge in [0.15, 0.2) is 5.58 Å². The Hall–Kier alpha value is -3.42. The van der Waals surface area contributed by atoms with Gasteiger partial charge in [0.05, 0.1) is 5.52 Å². The van der Waals surface area contributed by atoms with Crippen molar-refractivity contribution in [1.82, 2.24) is 19.8 Å². The van der Waals surface area contributed by atoms with E-state index < -0.39 is 11.8 Å². The first-order valence-electron chi connectivity index (χ1n) is 10.1. The second-order valence-corrected chi connectivity index (χ2v) is 7.56. The zero-order valence-electron chi connectivity index (χ0n) is 16.8. The van der Waals surface area contributed by atoms with Gasteiger partial charge in [0.2, 0.25) is 11.8 Å². The number of pyridine rings is 1. The monoisotopic (exact) mass is 408 g/mol. The van der Waals surface area contributed by atoms with Crippen LogP contribution in [0.2, 0.25) is 0 Å². The van der Waals surface area contributed by atoms with Crippen LogP contribution >= 0.6 is 0 Å². The standard InChI is InChI=1S/C22H24N4O4/c1-15(26-18-6-2-3-7-19(18)30-22(26)29)21(28)25-11-8-17(9-12-25)20(27)24-14-16-5-4-10-23-13-16/h2-7,10,13,15,17H,8-9,11-12,14H2,1H3,(H,24,27). The molecular weight excluding hydrogens is 384 g/mol. The molecule has 1 saturated heterocycles. The second kappa shape index (κ2) is 8.52. The van der Waals surface area contributed by atoms with Gasteiger partial charge in [-0.05, 0) is 43.5 Å². The molecule has 4 rings (SSSR count). The Morgan fingerprint density at radius 1 is 1.20 bits per heavy atom. The number of nitrogens with zero attached hydrogens (tertiary/aromatic N) is 3. The summed E-state index contributed by atoms with van der Waals surface area (Å²) in [6.45, 7) is 3.12. The van der Waals surface area contributed by atoms with Crippen molar-refractivity contribution in [2.75, 3.05) is 13.1 Å². The first-order chi connectivity index (χ1) is 14.5. The SMILES string of the molecule is CC(C(=O)N1CCC(C(=O)NCc2cccnc2)CC1)n1c(=O)oc2ccccc21. The molecule has 1 N–H and O–H groups in total. The van der Waals surface area contributed by atoms with Gasteiger partial charge >= 0.3 is 5.76 Å². The van der Waals surface area contributed by atoms with Gasteiger partial charge in [-0.15, -0.1) is 0 Å². The van der Waals surface area contributed by atoms with Crippen LogP contribution in [0.4, 0.5) is 0 Å². The van der Waals surface area contributed by atoms with Crippen LogP contribution in [0.1, 0.15) is 31.4 Å². The molecule has 1 aliphatic heterocycles. The molecule has 1 aromatic carbocycles. The van der Waals surface area contributed by atoms with Crippen LogP contribution in [0, 0.1) is 5.92 Å². The summed E-state index contributed by atoms with van der Waals surface area (Å²) in [5.41, 5.74) is 2.02. The van der Waals surface area contributed by atoms with E-state index in [1.165, 1.54) is 4.57 Å². The number of carbonyl (C=O) groups excluding carboxylic acids is 2. The van der Waals surface area contributed by atoms with Gasteiger partial charge in [-0.3, -0.25) is 19.1 Å². The molecule has 3 heterocycles. The Kier molecular flexibility index (Phi) is 5.65. The summed E-state index contributed by atoms with van der Waals surface area (Å²) in [7, 11) is 0. The van der Waals surface area contributed by atoms with Gasteiger partial charge in [-0.25, -0.2) is 4.79 Å². The first kappa shape index (κ1) is 19.9. The Morgan fingerprint density at radius 2 is 1.97 bits per heavy atom. The minimum Gasteiger partial charge on any atom is -0.408 e. The quantitative estimate of drug-likeness (QED) is 0.697. The van der Waals surface area contributed by atoms with Crippen molar-refractivity contribution >= 4 is 22.9 Å². The third-order valence-electron chi connectivity index (χ3n) is 5.63. The number of benzene rings is 1. The summed E-state index contributed by atoms with van der Waals surface area (Å²) < 4.78 is 6.64. The Bertz CT molecular complexity index is 1100. The predicted octanol–water partition coefficient (Wildman–Crippen LogP) is 2.11. The van der Waals surface area contributed by atoms with Crippen molar-refractivity contribution in [3.05, 3.63) is 64.9 Å². The highest BCUT2D eigenvalue weighted by atomic mass is 16.4. The van der Waals surface area contributed by atoms with E-state index in [0.717, 1.165) is 5.56 Å². The zero-order valence-corrected chi connectivity index (χ0v) is 16.8. The normalized spacial score (nSPS) is 15.8. The highest BCUT2D eigenvalue weighted by Gasteiger charge is 2.31. The molecule has 1 unspecified atom stereocenters. The first-order valence-corrected chi connectivity index (χ1v) is 10.1. The van der Waals surface area contributed by atoms with E-state index in [-0.39, 0.29) is 17.7 Å². The third kappa shape index (κ3) is 3.98. The van der Waals surface area contributed by atoms with Gasteiger partial charge in [0.25, 0.3) is 0 Å². The Morgan fingerprint density at radius 3 is 2.70 bits per heavy atom. The number of aromatic nitrogens is 2. The summed E-state index contributed by atoms with van der Waals surface area (Å²) in [6, 6.07) is 10.1. The number of nitrogens with one attached hydrogen (secondary N) is 1. The van der Waals surface area contributed by atoms with Crippen molar-refractivity contribution in [3.63, 3.8) is 0 Å². The molecule has 8 heteroatoms. The molecule has 156 valence electrons. The number of para-hydroxylation sites is 2. The van der Waals surface area contributed by atoms with Gasteiger partial charge in [0, 0.05) is 37.9 Å². The molecule has 2 amide bonds. The molecule has 0 radical (unpaired) electrons. The van der Waals surface area contributed by atoms with E-state index in [0.29, 0.717) is 43.6 Å². The van der Waals surface area contributed by atoms with E-state index in [9.17, 15) is 14.4 Å². The molecule has 8 nitrogen and oxygen atoms in total. The molecule has 0 aliphatic carbocycles. The van der Waals surface area contributed by atoms with E-state index >= 15 is 0 Å². The van der Waals surface area contributed by atoms with Crippen LogP contribution in [0.15, 0.2) is 58.0 Å². The minimum absolute atomic E-state index is 0.00366. The fourth-order valence-electron chi connectivity index (χ4n) is 3.92. The van der Waals surface area contributed by atoms with Crippen molar-refractivity contribution < 1.29 is 14.0 Å². The molecule has 30 heavy (non-hydrogen) atoms. The van der Waals surface area contributed by atoms with Crippen LogP contribution in [-0.2, 0) is 16.1 Å². The predicted molar refractivity (Wildman–Crippen MR) is 111 cm³/mol. The molecular formula is C22H24N4O4. The van der Waals surface area contributed by atoms with Crippen LogP contribution in [-0.4, -0.2) is 39.4 Å². The molecule has 1 fully saturated rings. The van der Waals surface area contributed by atoms with Crippen molar-refractivity contribution in [2.24, 2.45) is 5.92 Å². The van der Waals surface area contributed by atoms with Gasteiger partial charge in [0.1, 0.15) is 6.04 Å². The average Bonchev–Trinajstić information content (AvgIpc) is 3.13. The lowest BCUT2D eigenvalue weighted by molar-refractivity contribution is -0.138. The van der Waals surface area contributed by atoms with Gasteiger partial charge in [-0.1, -0.05) is 18.2 Å². The van der Waals surface area contributed by atoms with Crippen molar-refractivity contribution in [2.45, 2.75) is 32.4 Å². The minimum atomic E-state index is -0.669. The summed E-state index contributed by atoms with van der Waals surface area (Å²) in [4.78, 5) is 43.5. The summed E-state index contributed by atoms with van der Waals surface area (Å²) in [5, 5.41) is 2.95. The maximum Gasteiger partial charge on any atom is 0.420 e. The molecule has 0 bridgehead atoms. The van der Waals surface area contributed by atoms with Crippen LogP contribution in [0.25, 0.3) is 11.1 Å². The highest BCUT2D eigenvalue weighted by molar-refractivity contribution is 5.84. The number of oxazole rings is 1. The highest BCUT2D eigenvalue weighted by Crippen LogP contribution is 2.22. The Balaban J connectivity index is 1.35. The Labute approximate surface area is 173 Å². The second-order valence-electron chi connectivity index (χ2n) is 7.56. The van der Waals surface area contributed by atoms with Gasteiger partial charge in [-0.2, -0.15) is 0 Å². The number of rotatable bonds is 5. The molecule has 3 aromatic rings. The van der Waals surface area contributed by atoms with Crippen molar-refractivity contribution in [1.29, 1.82) is 0 Å². The van der Waals surface area contributed by atoms with E-state index in [1.54, 1.807) is 48.5 Å². The fraction of sp³-hybridized carbons (Fsp3) is 0.364. The lowest BCUT2D eigenvalue weighted by Gasteiger charge is -2.33. The number of piperidine rings is 1. The van der Waals surface area contributed by atoms with Crippen LogP contribution in [0.3, 0.4) is 0 Å².